The minimum Gasteiger partial charge on any atom is -0.343 e. The number of rotatable bonds is 5. The summed E-state index contributed by atoms with van der Waals surface area (Å²) < 4.78 is 13.4. The Morgan fingerprint density at radius 1 is 1.38 bits per heavy atom. The first kappa shape index (κ1) is 14.7. The normalized spacial score (nSPS) is 10.2. The van der Waals surface area contributed by atoms with E-state index in [1.54, 1.807) is 25.5 Å². The Morgan fingerprint density at radius 3 is 2.81 bits per heavy atom. The number of nitrogens with one attached hydrogen (secondary N) is 2. The third kappa shape index (κ3) is 3.88. The highest BCUT2D eigenvalue weighted by atomic mass is 19.1. The smallest absolute Gasteiger partial charge is 0.254 e. The Kier molecular flexibility index (Phi) is 4.65. The molecule has 6 nitrogen and oxygen atoms in total. The maximum Gasteiger partial charge on any atom is 0.254 e. The standard InChI is InChI=1S/C14H15FN4O2/c1-19(9-10-6-17-18-7-10)13(20)8-16-14(21)11-4-2-3-5-12(11)15/h2-7H,8-9H2,1H3,(H,16,21)(H,17,18). The van der Waals surface area contributed by atoms with Crippen LogP contribution in [-0.4, -0.2) is 40.5 Å². The number of amides is 2. The highest BCUT2D eigenvalue weighted by Gasteiger charge is 2.14. The molecule has 7 heteroatoms. The van der Waals surface area contributed by atoms with Crippen molar-refractivity contribution in [3.8, 4) is 0 Å². The summed E-state index contributed by atoms with van der Waals surface area (Å²) in [5.74, 6) is -1.51. The van der Waals surface area contributed by atoms with Gasteiger partial charge in [-0.15, -0.1) is 0 Å². The number of benzene rings is 1. The summed E-state index contributed by atoms with van der Waals surface area (Å²) in [6, 6.07) is 5.62. The van der Waals surface area contributed by atoms with Crippen molar-refractivity contribution in [1.82, 2.24) is 20.4 Å². The zero-order chi connectivity index (χ0) is 15.2. The van der Waals surface area contributed by atoms with Crippen molar-refractivity contribution in [2.24, 2.45) is 0 Å². The van der Waals surface area contributed by atoms with Gasteiger partial charge in [0.1, 0.15) is 5.82 Å². The summed E-state index contributed by atoms with van der Waals surface area (Å²) in [7, 11) is 1.62. The summed E-state index contributed by atoms with van der Waals surface area (Å²) in [6.45, 7) is 0.187. The van der Waals surface area contributed by atoms with Crippen LogP contribution in [-0.2, 0) is 11.3 Å². The molecule has 2 aromatic rings. The zero-order valence-electron chi connectivity index (χ0n) is 11.5. The van der Waals surface area contributed by atoms with Crippen LogP contribution < -0.4 is 5.32 Å². The summed E-state index contributed by atoms with van der Waals surface area (Å²) >= 11 is 0. The monoisotopic (exact) mass is 290 g/mol. The molecule has 0 radical (unpaired) electrons. The van der Waals surface area contributed by atoms with Gasteiger partial charge in [0.15, 0.2) is 0 Å². The number of likely N-dealkylation sites (N-methyl/N-ethyl adjacent to an activating group) is 1. The number of aromatic amines is 1. The second-order valence-corrected chi connectivity index (χ2v) is 4.52. The molecule has 0 unspecified atom stereocenters. The molecular formula is C14H15FN4O2. The molecule has 0 spiro atoms. The minimum absolute atomic E-state index is 0.0808. The van der Waals surface area contributed by atoms with Crippen LogP contribution in [0.4, 0.5) is 4.39 Å². The van der Waals surface area contributed by atoms with E-state index >= 15 is 0 Å². The Morgan fingerprint density at radius 2 is 2.14 bits per heavy atom. The topological polar surface area (TPSA) is 78.1 Å². The zero-order valence-corrected chi connectivity index (χ0v) is 11.5. The number of carbonyl (C=O) groups is 2. The molecule has 2 N–H and O–H groups in total. The van der Waals surface area contributed by atoms with Crippen LogP contribution in [0.5, 0.6) is 0 Å². The lowest BCUT2D eigenvalue weighted by atomic mass is 10.2. The maximum atomic E-state index is 13.4. The van der Waals surface area contributed by atoms with E-state index in [0.29, 0.717) is 6.54 Å². The summed E-state index contributed by atoms with van der Waals surface area (Å²) in [4.78, 5) is 25.1. The van der Waals surface area contributed by atoms with E-state index in [4.69, 9.17) is 0 Å². The predicted molar refractivity (Wildman–Crippen MR) is 73.8 cm³/mol. The van der Waals surface area contributed by atoms with E-state index in [0.717, 1.165) is 5.56 Å². The number of H-pyrrole nitrogens is 1. The molecule has 0 fully saturated rings. The van der Waals surface area contributed by atoms with Gasteiger partial charge in [-0.2, -0.15) is 5.10 Å². The van der Waals surface area contributed by atoms with Gasteiger partial charge in [0.25, 0.3) is 5.91 Å². The van der Waals surface area contributed by atoms with Crippen LogP contribution in [0.25, 0.3) is 0 Å². The van der Waals surface area contributed by atoms with E-state index in [9.17, 15) is 14.0 Å². The second kappa shape index (κ2) is 6.65. The number of hydrogen-bond acceptors (Lipinski definition) is 3. The molecule has 0 aliphatic rings. The van der Waals surface area contributed by atoms with E-state index in [2.05, 4.69) is 15.5 Å². The Balaban J connectivity index is 1.86. The average Bonchev–Trinajstić information content (AvgIpc) is 2.97. The van der Waals surface area contributed by atoms with Gasteiger partial charge in [0.2, 0.25) is 5.91 Å². The fraction of sp³-hybridized carbons (Fsp3) is 0.214. The molecular weight excluding hydrogens is 275 g/mol. The maximum absolute atomic E-state index is 13.4. The summed E-state index contributed by atoms with van der Waals surface area (Å²) in [5, 5.41) is 8.84. The quantitative estimate of drug-likeness (QED) is 0.860. The van der Waals surface area contributed by atoms with Gasteiger partial charge in [-0.05, 0) is 12.1 Å². The number of aromatic nitrogens is 2. The minimum atomic E-state index is -0.616. The van der Waals surface area contributed by atoms with Crippen LogP contribution in [0, 0.1) is 5.82 Å². The van der Waals surface area contributed by atoms with Crippen molar-refractivity contribution in [1.29, 1.82) is 0 Å². The Hall–Kier alpha value is -2.70. The van der Waals surface area contributed by atoms with Gasteiger partial charge in [-0.25, -0.2) is 4.39 Å². The third-order valence-electron chi connectivity index (χ3n) is 2.92. The fourth-order valence-electron chi connectivity index (χ4n) is 1.76. The number of nitrogens with zero attached hydrogens (tertiary/aromatic N) is 2. The van der Waals surface area contributed by atoms with E-state index in [1.807, 2.05) is 0 Å². The SMILES string of the molecule is CN(Cc1cn[nH]c1)C(=O)CNC(=O)c1ccccc1F. The molecule has 1 aromatic heterocycles. The van der Waals surface area contributed by atoms with Crippen molar-refractivity contribution in [2.45, 2.75) is 6.54 Å². The van der Waals surface area contributed by atoms with Crippen molar-refractivity contribution < 1.29 is 14.0 Å². The van der Waals surface area contributed by atoms with Gasteiger partial charge in [-0.1, -0.05) is 12.1 Å². The number of carbonyl (C=O) groups excluding carboxylic acids is 2. The summed E-state index contributed by atoms with van der Waals surface area (Å²) in [5.41, 5.74) is 0.772. The molecule has 1 heterocycles. The van der Waals surface area contributed by atoms with Crippen molar-refractivity contribution in [3.63, 3.8) is 0 Å². The molecule has 1 aromatic carbocycles. The summed E-state index contributed by atoms with van der Waals surface area (Å²) in [6.07, 6.45) is 3.30. The van der Waals surface area contributed by atoms with Crippen molar-refractivity contribution in [2.75, 3.05) is 13.6 Å². The largest absolute Gasteiger partial charge is 0.343 e. The van der Waals surface area contributed by atoms with Crippen molar-refractivity contribution >= 4 is 11.8 Å². The first-order chi connectivity index (χ1) is 10.1. The first-order valence-electron chi connectivity index (χ1n) is 6.32. The van der Waals surface area contributed by atoms with Gasteiger partial charge in [0.05, 0.1) is 18.3 Å². The number of halogens is 1. The molecule has 2 amide bonds. The lowest BCUT2D eigenvalue weighted by molar-refractivity contribution is -0.129. The fourth-order valence-corrected chi connectivity index (χ4v) is 1.76. The Bertz CT molecular complexity index is 628. The molecule has 0 atom stereocenters. The van der Waals surface area contributed by atoms with E-state index < -0.39 is 11.7 Å². The number of hydrogen-bond donors (Lipinski definition) is 2. The molecule has 21 heavy (non-hydrogen) atoms. The molecule has 0 aliphatic heterocycles. The molecule has 110 valence electrons. The predicted octanol–water partition coefficient (Wildman–Crippen LogP) is 0.937. The van der Waals surface area contributed by atoms with Crippen LogP contribution in [0.3, 0.4) is 0 Å². The van der Waals surface area contributed by atoms with Gasteiger partial charge in [0, 0.05) is 25.4 Å². The highest BCUT2D eigenvalue weighted by Crippen LogP contribution is 2.05. The first-order valence-corrected chi connectivity index (χ1v) is 6.32. The van der Waals surface area contributed by atoms with E-state index in [-0.39, 0.29) is 18.0 Å². The third-order valence-corrected chi connectivity index (χ3v) is 2.92. The van der Waals surface area contributed by atoms with Crippen LogP contribution in [0.1, 0.15) is 15.9 Å². The molecule has 2 rings (SSSR count). The van der Waals surface area contributed by atoms with Gasteiger partial charge < -0.3 is 10.2 Å². The lowest BCUT2D eigenvalue weighted by Crippen LogP contribution is -2.38. The molecule has 0 saturated carbocycles. The van der Waals surface area contributed by atoms with Crippen LogP contribution in [0.2, 0.25) is 0 Å². The average molecular weight is 290 g/mol. The lowest BCUT2D eigenvalue weighted by Gasteiger charge is -2.16. The molecule has 0 saturated heterocycles. The van der Waals surface area contributed by atoms with Gasteiger partial charge >= 0.3 is 0 Å². The highest BCUT2D eigenvalue weighted by molar-refractivity contribution is 5.96. The van der Waals surface area contributed by atoms with Crippen LogP contribution in [0.15, 0.2) is 36.7 Å². The van der Waals surface area contributed by atoms with Crippen molar-refractivity contribution in [3.05, 3.63) is 53.6 Å². The van der Waals surface area contributed by atoms with Crippen LogP contribution >= 0.6 is 0 Å². The van der Waals surface area contributed by atoms with E-state index in [1.165, 1.54) is 23.1 Å². The molecule has 0 bridgehead atoms. The van der Waals surface area contributed by atoms with Gasteiger partial charge in [-0.3, -0.25) is 14.7 Å². The molecule has 0 aliphatic carbocycles. The second-order valence-electron chi connectivity index (χ2n) is 4.52. The Labute approximate surface area is 121 Å².